The molecular weight excluding hydrogens is 881 g/mol. The fourth-order valence-corrected chi connectivity index (χ4v) is 11.7. The predicted octanol–water partition coefficient (Wildman–Crippen LogP) is 19.4. The lowest BCUT2D eigenvalue weighted by molar-refractivity contribution is 0.982. The van der Waals surface area contributed by atoms with Crippen molar-refractivity contribution < 1.29 is 0 Å². The molecule has 0 saturated carbocycles. The second kappa shape index (κ2) is 17.7. The average Bonchev–Trinajstić information content (AvgIpc) is 3.81. The first-order valence-corrected chi connectivity index (χ1v) is 25.3. The molecule has 342 valence electrons. The van der Waals surface area contributed by atoms with E-state index in [4.69, 9.17) is 0 Å². The topological polar surface area (TPSA) is 8.17 Å². The first kappa shape index (κ1) is 42.4. The van der Waals surface area contributed by atoms with Crippen LogP contribution >= 0.6 is 0 Å². The maximum atomic E-state index is 2.57. The lowest BCUT2D eigenvalue weighted by Crippen LogP contribution is -2.18. The number of nitrogens with zero attached hydrogens (tertiary/aromatic N) is 2. The van der Waals surface area contributed by atoms with E-state index >= 15 is 0 Å². The molecule has 2 nitrogen and oxygen atoms in total. The zero-order valence-electron chi connectivity index (χ0n) is 40.2. The van der Waals surface area contributed by atoms with Gasteiger partial charge in [-0.25, -0.2) is 0 Å². The summed E-state index contributed by atoms with van der Waals surface area (Å²) in [7, 11) is 0. The molecule has 0 N–H and O–H groups in total. The SMILES string of the molecule is c1ccc(-c2cc(CN(c3ccccc3-c3cccc4ccccc34)c3ccc(-c4cccc5ccccc45)c4ccccc34)cc(-c3cccc(-n4c5ccccc5c5ccc6ccccc6c54)c3)c2)cc1. The molecule has 1 heterocycles. The van der Waals surface area contributed by atoms with Gasteiger partial charge in [0.25, 0.3) is 0 Å². The van der Waals surface area contributed by atoms with Crippen molar-refractivity contribution in [2.75, 3.05) is 4.90 Å². The lowest BCUT2D eigenvalue weighted by Gasteiger charge is -2.30. The molecule has 0 aliphatic rings. The lowest BCUT2D eigenvalue weighted by atomic mass is 9.92. The first-order chi connectivity index (χ1) is 36.2. The number of anilines is 2. The summed E-state index contributed by atoms with van der Waals surface area (Å²) in [6.45, 7) is 0.617. The van der Waals surface area contributed by atoms with Crippen molar-refractivity contribution in [2.45, 2.75) is 6.54 Å². The highest BCUT2D eigenvalue weighted by Gasteiger charge is 2.22. The van der Waals surface area contributed by atoms with Crippen LogP contribution < -0.4 is 4.90 Å². The van der Waals surface area contributed by atoms with Gasteiger partial charge in [0.15, 0.2) is 0 Å². The standard InChI is InChI=1S/C71H48N2/c1-2-19-49(20-3-1)54-43-48(44-55(45-54)53-26-16-27-56(46-53)73-70-38-15-13-34-66(70)67-40-39-52-23-6-9-30-59(52)71(67)73)47-72(68-37-14-12-33-64(68)61-36-18-25-51-22-5-8-29-58(51)61)69-42-41-63(62-31-10-11-32-65(62)69)60-35-17-24-50-21-4-7-28-57(50)60/h1-46H,47H2. The minimum absolute atomic E-state index is 0.617. The summed E-state index contributed by atoms with van der Waals surface area (Å²) >= 11 is 0. The Morgan fingerprint density at radius 1 is 0.274 bits per heavy atom. The minimum atomic E-state index is 0.617. The van der Waals surface area contributed by atoms with Crippen molar-refractivity contribution in [1.29, 1.82) is 0 Å². The summed E-state index contributed by atoms with van der Waals surface area (Å²) in [6.07, 6.45) is 0. The van der Waals surface area contributed by atoms with Crippen LogP contribution in [0.2, 0.25) is 0 Å². The smallest absolute Gasteiger partial charge is 0.0619 e. The van der Waals surface area contributed by atoms with Gasteiger partial charge in [0.1, 0.15) is 0 Å². The number of fused-ring (bicyclic) bond motifs is 8. The van der Waals surface area contributed by atoms with Crippen molar-refractivity contribution in [3.8, 4) is 50.2 Å². The summed E-state index contributed by atoms with van der Waals surface area (Å²) in [5, 5.41) is 12.4. The van der Waals surface area contributed by atoms with Crippen molar-refractivity contribution >= 4 is 76.3 Å². The molecule has 0 aliphatic heterocycles. The molecule has 2 heteroatoms. The summed E-state index contributed by atoms with van der Waals surface area (Å²) in [4.78, 5) is 2.57. The summed E-state index contributed by atoms with van der Waals surface area (Å²) in [5.74, 6) is 0. The van der Waals surface area contributed by atoms with Crippen molar-refractivity contribution in [2.24, 2.45) is 0 Å². The second-order valence-electron chi connectivity index (χ2n) is 19.2. The Bertz CT molecular complexity index is 4420. The van der Waals surface area contributed by atoms with Crippen LogP contribution in [0.4, 0.5) is 11.4 Å². The molecule has 0 saturated heterocycles. The van der Waals surface area contributed by atoms with E-state index in [1.807, 2.05) is 0 Å². The number of hydrogen-bond acceptors (Lipinski definition) is 1. The van der Waals surface area contributed by atoms with Gasteiger partial charge >= 0.3 is 0 Å². The van der Waals surface area contributed by atoms with Gasteiger partial charge in [-0.15, -0.1) is 0 Å². The number of aromatic nitrogens is 1. The molecule has 0 unspecified atom stereocenters. The van der Waals surface area contributed by atoms with E-state index in [-0.39, 0.29) is 0 Å². The van der Waals surface area contributed by atoms with Crippen LogP contribution in [0.1, 0.15) is 5.56 Å². The molecule has 0 amide bonds. The largest absolute Gasteiger partial charge is 0.336 e. The molecule has 13 aromatic carbocycles. The molecule has 0 fully saturated rings. The van der Waals surface area contributed by atoms with Crippen molar-refractivity contribution in [1.82, 2.24) is 4.57 Å². The summed E-state index contributed by atoms with van der Waals surface area (Å²) in [6, 6.07) is 103. The Hall–Kier alpha value is -9.50. The molecule has 0 aliphatic carbocycles. The zero-order chi connectivity index (χ0) is 48.2. The second-order valence-corrected chi connectivity index (χ2v) is 19.2. The van der Waals surface area contributed by atoms with Gasteiger partial charge in [0.05, 0.1) is 11.0 Å². The molecule has 73 heavy (non-hydrogen) atoms. The Kier molecular flexibility index (Phi) is 10.3. The first-order valence-electron chi connectivity index (χ1n) is 25.3. The Morgan fingerprint density at radius 3 is 1.55 bits per heavy atom. The normalized spacial score (nSPS) is 11.6. The van der Waals surface area contributed by atoms with Crippen LogP contribution in [0.15, 0.2) is 279 Å². The molecule has 0 radical (unpaired) electrons. The van der Waals surface area contributed by atoms with Gasteiger partial charge in [0.2, 0.25) is 0 Å². The molecule has 0 spiro atoms. The van der Waals surface area contributed by atoms with E-state index in [9.17, 15) is 0 Å². The number of hydrogen-bond donors (Lipinski definition) is 0. The quantitative estimate of drug-likeness (QED) is 0.140. The third-order valence-corrected chi connectivity index (χ3v) is 15.0. The predicted molar refractivity (Wildman–Crippen MR) is 311 cm³/mol. The molecular formula is C71H48N2. The van der Waals surface area contributed by atoms with Gasteiger partial charge in [-0.05, 0) is 125 Å². The number of para-hydroxylation sites is 2. The van der Waals surface area contributed by atoms with Gasteiger partial charge in [-0.1, -0.05) is 231 Å². The van der Waals surface area contributed by atoms with Crippen LogP contribution in [-0.2, 0) is 6.54 Å². The van der Waals surface area contributed by atoms with E-state index < -0.39 is 0 Å². The molecule has 14 aromatic rings. The number of benzene rings is 13. The minimum Gasteiger partial charge on any atom is -0.336 e. The van der Waals surface area contributed by atoms with Crippen LogP contribution in [0.25, 0.3) is 115 Å². The maximum Gasteiger partial charge on any atom is 0.0619 e. The van der Waals surface area contributed by atoms with Gasteiger partial charge < -0.3 is 9.47 Å². The van der Waals surface area contributed by atoms with E-state index in [0.717, 1.165) is 22.6 Å². The number of rotatable bonds is 9. The van der Waals surface area contributed by atoms with Gasteiger partial charge in [-0.3, -0.25) is 0 Å². The van der Waals surface area contributed by atoms with Crippen LogP contribution in [0.5, 0.6) is 0 Å². The fraction of sp³-hybridized carbons (Fsp3) is 0.0141. The van der Waals surface area contributed by atoms with Crippen LogP contribution in [0.3, 0.4) is 0 Å². The Morgan fingerprint density at radius 2 is 0.795 bits per heavy atom. The van der Waals surface area contributed by atoms with Crippen LogP contribution in [-0.4, -0.2) is 4.57 Å². The third kappa shape index (κ3) is 7.34. The highest BCUT2D eigenvalue weighted by molar-refractivity contribution is 6.19. The Balaban J connectivity index is 0.980. The van der Waals surface area contributed by atoms with Gasteiger partial charge in [0, 0.05) is 50.7 Å². The van der Waals surface area contributed by atoms with E-state index in [0.29, 0.717) is 6.54 Å². The highest BCUT2D eigenvalue weighted by Crippen LogP contribution is 2.45. The Labute approximate surface area is 424 Å². The van der Waals surface area contributed by atoms with Crippen molar-refractivity contribution in [3.63, 3.8) is 0 Å². The van der Waals surface area contributed by atoms with Crippen molar-refractivity contribution in [3.05, 3.63) is 285 Å². The van der Waals surface area contributed by atoms with E-state index in [2.05, 4.69) is 289 Å². The van der Waals surface area contributed by atoms with Gasteiger partial charge in [-0.2, -0.15) is 0 Å². The molecule has 0 atom stereocenters. The maximum absolute atomic E-state index is 2.57. The van der Waals surface area contributed by atoms with E-state index in [1.54, 1.807) is 0 Å². The fourth-order valence-electron chi connectivity index (χ4n) is 11.7. The molecule has 14 rings (SSSR count). The third-order valence-electron chi connectivity index (χ3n) is 15.0. The summed E-state index contributed by atoms with van der Waals surface area (Å²) in [5.41, 5.74) is 16.6. The molecule has 1 aromatic heterocycles. The average molecular weight is 929 g/mol. The highest BCUT2D eigenvalue weighted by atomic mass is 15.1. The van der Waals surface area contributed by atoms with E-state index in [1.165, 1.54) is 109 Å². The monoisotopic (exact) mass is 928 g/mol. The molecule has 0 bridgehead atoms. The summed E-state index contributed by atoms with van der Waals surface area (Å²) < 4.78 is 2.47. The zero-order valence-corrected chi connectivity index (χ0v) is 40.2. The van der Waals surface area contributed by atoms with Crippen LogP contribution in [0, 0.1) is 0 Å².